The van der Waals surface area contributed by atoms with E-state index in [0.717, 1.165) is 0 Å². The summed E-state index contributed by atoms with van der Waals surface area (Å²) in [5, 5.41) is 0. The molecule has 22 heavy (non-hydrogen) atoms. The van der Waals surface area contributed by atoms with Gasteiger partial charge in [-0.15, -0.1) is 6.42 Å². The van der Waals surface area contributed by atoms with Gasteiger partial charge in [-0.25, -0.2) is 0 Å². The summed E-state index contributed by atoms with van der Waals surface area (Å²) in [4.78, 5) is 0. The van der Waals surface area contributed by atoms with E-state index >= 15 is 0 Å². The quantitative estimate of drug-likeness (QED) is 0.283. The molecule has 0 aromatic heterocycles. The van der Waals surface area contributed by atoms with Crippen molar-refractivity contribution in [2.75, 3.05) is 13.2 Å². The van der Waals surface area contributed by atoms with Crippen molar-refractivity contribution in [2.24, 2.45) is 0 Å². The molecule has 0 fully saturated rings. The van der Waals surface area contributed by atoms with Crippen LogP contribution in [0.5, 0.6) is 0 Å². The van der Waals surface area contributed by atoms with Crippen molar-refractivity contribution in [1.29, 1.82) is 0 Å². The molecule has 0 amide bonds. The molecule has 0 rings (SSSR count). The molecule has 0 spiro atoms. The first kappa shape index (κ1) is 33.8. The molecule has 2 nitrogen and oxygen atoms in total. The summed E-state index contributed by atoms with van der Waals surface area (Å²) in [6.45, 7) is 18.0. The van der Waals surface area contributed by atoms with E-state index in [0.29, 0.717) is 13.2 Å². The molecule has 0 N–H and O–H groups in total. The summed E-state index contributed by atoms with van der Waals surface area (Å²) in [5.74, 6) is 2.36. The third-order valence-electron chi connectivity index (χ3n) is 2.27. The van der Waals surface area contributed by atoms with Crippen molar-refractivity contribution in [3.63, 3.8) is 0 Å². The van der Waals surface area contributed by atoms with Crippen LogP contribution in [-0.4, -0.2) is 43.4 Å². The average molecular weight is 421 g/mol. The van der Waals surface area contributed by atoms with Crippen LogP contribution in [0.1, 0.15) is 93.9 Å². The third-order valence-corrected chi connectivity index (χ3v) is 2.27. The number of hydrogen-bond donors (Lipinski definition) is 0. The van der Waals surface area contributed by atoms with E-state index in [1.165, 1.54) is 38.5 Å². The Morgan fingerprint density at radius 1 is 0.636 bits per heavy atom. The normalized spacial score (nSPS) is 8.00. The third kappa shape index (κ3) is 59.2. The van der Waals surface area contributed by atoms with Gasteiger partial charge in [-0.1, -0.05) is 80.1 Å². The van der Waals surface area contributed by atoms with Crippen LogP contribution < -0.4 is 0 Å². The van der Waals surface area contributed by atoms with E-state index in [4.69, 9.17) is 15.9 Å². The Bertz CT molecular complexity index is 146. The second-order valence-electron chi connectivity index (χ2n) is 4.41. The number of rotatable bonds is 7. The predicted molar refractivity (Wildman–Crippen MR) is 103 cm³/mol. The monoisotopic (exact) mass is 422 g/mol. The van der Waals surface area contributed by atoms with Gasteiger partial charge in [0.25, 0.3) is 0 Å². The molecule has 0 aromatic rings. The first-order valence-electron chi connectivity index (χ1n) is 8.78. The molecule has 0 heterocycles. The van der Waals surface area contributed by atoms with Crippen molar-refractivity contribution in [2.45, 2.75) is 100 Å². The van der Waals surface area contributed by atoms with Gasteiger partial charge >= 0.3 is 0 Å². The van der Waals surface area contributed by atoms with Crippen LogP contribution in [0.4, 0.5) is 0 Å². The van der Waals surface area contributed by atoms with Crippen LogP contribution in [0.3, 0.4) is 0 Å². The maximum absolute atomic E-state index is 5.04. The van der Waals surface area contributed by atoms with Crippen molar-refractivity contribution >= 4 is 23.9 Å². The molecule has 0 aliphatic heterocycles. The zero-order chi connectivity index (χ0) is 17.4. The Hall–Kier alpha value is 0.279. The topological polar surface area (TPSA) is 18.5 Å². The van der Waals surface area contributed by atoms with Crippen LogP contribution in [0.15, 0.2) is 0 Å². The summed E-state index contributed by atoms with van der Waals surface area (Å²) in [6, 6.07) is 0. The molecule has 0 aliphatic carbocycles. The van der Waals surface area contributed by atoms with E-state index in [9.17, 15) is 0 Å². The van der Waals surface area contributed by atoms with Gasteiger partial charge in [0.05, 0.1) is 0 Å². The summed E-state index contributed by atoms with van der Waals surface area (Å²) in [6.07, 6.45) is 12.5. The SMILES string of the molecule is C#CC(OCC)OCC.CCCC.CCCC.CCCC.[Sn]. The molecule has 0 saturated carbocycles. The predicted octanol–water partition coefficient (Wildman–Crippen LogP) is 6.06. The molecule has 134 valence electrons. The van der Waals surface area contributed by atoms with Crippen molar-refractivity contribution in [1.82, 2.24) is 0 Å². The number of hydrogen-bond acceptors (Lipinski definition) is 2. The largest absolute Gasteiger partial charge is 0.342 e. The minimum Gasteiger partial charge on any atom is -0.342 e. The molecule has 4 radical (unpaired) electrons. The average Bonchev–Trinajstić information content (AvgIpc) is 2.55. The molecule has 0 bridgehead atoms. The Balaban J connectivity index is -0.0000000632. The molecular weight excluding hydrogens is 379 g/mol. The van der Waals surface area contributed by atoms with E-state index in [1.54, 1.807) is 0 Å². The minimum absolute atomic E-state index is 0. The van der Waals surface area contributed by atoms with Crippen LogP contribution in [0, 0.1) is 12.3 Å². The van der Waals surface area contributed by atoms with E-state index < -0.39 is 6.29 Å². The van der Waals surface area contributed by atoms with Gasteiger partial charge in [0.1, 0.15) is 0 Å². The van der Waals surface area contributed by atoms with Crippen molar-refractivity contribution in [3.05, 3.63) is 0 Å². The molecule has 0 aliphatic rings. The molecule has 0 unspecified atom stereocenters. The van der Waals surface area contributed by atoms with Crippen molar-refractivity contribution < 1.29 is 9.47 Å². The Morgan fingerprint density at radius 3 is 0.955 bits per heavy atom. The van der Waals surface area contributed by atoms with Crippen LogP contribution in [0.2, 0.25) is 0 Å². The summed E-state index contributed by atoms with van der Waals surface area (Å²) < 4.78 is 9.95. The summed E-state index contributed by atoms with van der Waals surface area (Å²) in [5.41, 5.74) is 0. The van der Waals surface area contributed by atoms with Gasteiger partial charge in [0, 0.05) is 37.1 Å². The fourth-order valence-electron chi connectivity index (χ4n) is 0.447. The van der Waals surface area contributed by atoms with Gasteiger partial charge in [-0.3, -0.25) is 0 Å². The van der Waals surface area contributed by atoms with Gasteiger partial charge in [0.15, 0.2) is 0 Å². The molecule has 0 atom stereocenters. The van der Waals surface area contributed by atoms with Crippen LogP contribution in [0.25, 0.3) is 0 Å². The molecule has 3 heteroatoms. The molecule has 0 aromatic carbocycles. The van der Waals surface area contributed by atoms with E-state index in [2.05, 4.69) is 47.5 Å². The molecule has 0 saturated heterocycles. The van der Waals surface area contributed by atoms with Gasteiger partial charge in [-0.05, 0) is 19.8 Å². The van der Waals surface area contributed by atoms with E-state index in [1.807, 2.05) is 13.8 Å². The van der Waals surface area contributed by atoms with E-state index in [-0.39, 0.29) is 23.9 Å². The zero-order valence-electron chi connectivity index (χ0n) is 16.6. The standard InChI is InChI=1S/C7H12O2.3C4H10.Sn/c1-4-7(8-5-2)9-6-3;3*1-3-4-2;/h1,7H,5-6H2,2-3H3;3*3-4H2,1-2H3;. The number of unbranched alkanes of at least 4 members (excludes halogenated alkanes) is 3. The number of terminal acetylenes is 1. The molecular formula is C19H42O2Sn. The Morgan fingerprint density at radius 2 is 0.864 bits per heavy atom. The van der Waals surface area contributed by atoms with Gasteiger partial charge < -0.3 is 9.47 Å². The Labute approximate surface area is 159 Å². The first-order valence-corrected chi connectivity index (χ1v) is 8.78. The maximum atomic E-state index is 5.04. The van der Waals surface area contributed by atoms with Gasteiger partial charge in [0.2, 0.25) is 6.29 Å². The first-order chi connectivity index (χ1) is 10.1. The Kier molecular flexibility index (Phi) is 65.9. The van der Waals surface area contributed by atoms with Crippen LogP contribution >= 0.6 is 0 Å². The fraction of sp³-hybridized carbons (Fsp3) is 0.895. The second-order valence-corrected chi connectivity index (χ2v) is 4.41. The second kappa shape index (κ2) is 42.9. The maximum Gasteiger partial charge on any atom is 0.222 e. The minimum atomic E-state index is -0.458. The van der Waals surface area contributed by atoms with Crippen molar-refractivity contribution in [3.8, 4) is 12.3 Å². The van der Waals surface area contributed by atoms with Gasteiger partial charge in [-0.2, -0.15) is 0 Å². The smallest absolute Gasteiger partial charge is 0.222 e. The zero-order valence-corrected chi connectivity index (χ0v) is 19.5. The fourth-order valence-corrected chi connectivity index (χ4v) is 0.447. The summed E-state index contributed by atoms with van der Waals surface area (Å²) >= 11 is 0. The van der Waals surface area contributed by atoms with Crippen LogP contribution in [-0.2, 0) is 9.47 Å². The number of ether oxygens (including phenoxy) is 2. The summed E-state index contributed by atoms with van der Waals surface area (Å²) in [7, 11) is 0.